The smallest absolute Gasteiger partial charge is 0.407 e. The molecule has 0 bridgehead atoms. The Morgan fingerprint density at radius 2 is 2.11 bits per heavy atom. The van der Waals surface area contributed by atoms with Crippen molar-refractivity contribution in [3.63, 3.8) is 0 Å². The summed E-state index contributed by atoms with van der Waals surface area (Å²) in [5, 5.41) is 10.9. The molecule has 0 radical (unpaired) electrons. The van der Waals surface area contributed by atoms with E-state index in [1.807, 2.05) is 42.5 Å². The second kappa shape index (κ2) is 9.53. The number of amides is 2. The van der Waals surface area contributed by atoms with Crippen LogP contribution in [0.5, 0.6) is 0 Å². The number of ether oxygens (including phenoxy) is 2. The van der Waals surface area contributed by atoms with Crippen LogP contribution < -0.4 is 15.1 Å². The minimum absolute atomic E-state index is 0.0513. The Balaban J connectivity index is 1.49. The Hall–Kier alpha value is -4.06. The molecule has 0 saturated heterocycles. The van der Waals surface area contributed by atoms with Crippen molar-refractivity contribution < 1.29 is 19.1 Å². The molecule has 12 heteroatoms. The highest BCUT2D eigenvalue weighted by Gasteiger charge is 2.34. The van der Waals surface area contributed by atoms with Crippen molar-refractivity contribution in [2.24, 2.45) is 0 Å². The van der Waals surface area contributed by atoms with Gasteiger partial charge in [0.25, 0.3) is 5.91 Å². The number of nitrogens with zero attached hydrogens (tertiary/aromatic N) is 7. The Morgan fingerprint density at radius 1 is 1.28 bits per heavy atom. The topological polar surface area (TPSA) is 128 Å². The van der Waals surface area contributed by atoms with E-state index >= 15 is 0 Å². The average Bonchev–Trinajstić information content (AvgIpc) is 3.48. The number of pyridine rings is 2. The number of nitrogens with one attached hydrogen (secondary N) is 1. The summed E-state index contributed by atoms with van der Waals surface area (Å²) < 4.78 is 12.7. The summed E-state index contributed by atoms with van der Waals surface area (Å²) in [6.07, 6.45) is -0.564. The monoisotopic (exact) mass is 492 g/mol. The van der Waals surface area contributed by atoms with E-state index < -0.39 is 6.09 Å². The molecule has 0 saturated carbocycles. The van der Waals surface area contributed by atoms with Gasteiger partial charge in [-0.05, 0) is 32.0 Å². The fourth-order valence-electron chi connectivity index (χ4n) is 4.19. The molecule has 2 amide bonds. The van der Waals surface area contributed by atoms with Crippen LogP contribution >= 0.6 is 0 Å². The van der Waals surface area contributed by atoms with Crippen LogP contribution in [0, 0.1) is 0 Å². The highest BCUT2D eigenvalue weighted by molar-refractivity contribution is 6.10. The van der Waals surface area contributed by atoms with Gasteiger partial charge in [0.2, 0.25) is 0 Å². The maximum Gasteiger partial charge on any atom is 0.407 e. The quantitative estimate of drug-likeness (QED) is 0.550. The third kappa shape index (κ3) is 4.24. The van der Waals surface area contributed by atoms with Gasteiger partial charge < -0.3 is 24.3 Å². The Bertz CT molecular complexity index is 1320. The summed E-state index contributed by atoms with van der Waals surface area (Å²) in [7, 11) is 3.40. The second-order valence-electron chi connectivity index (χ2n) is 8.90. The van der Waals surface area contributed by atoms with Crippen LogP contribution in [0.25, 0.3) is 11.5 Å². The van der Waals surface area contributed by atoms with E-state index in [-0.39, 0.29) is 25.1 Å². The predicted molar refractivity (Wildman–Crippen MR) is 130 cm³/mol. The molecule has 12 nitrogen and oxygen atoms in total. The van der Waals surface area contributed by atoms with Crippen LogP contribution in [0.4, 0.5) is 16.4 Å². The molecule has 5 heterocycles. The molecule has 0 unspecified atom stereocenters. The highest BCUT2D eigenvalue weighted by Crippen LogP contribution is 2.33. The molecule has 3 aromatic heterocycles. The van der Waals surface area contributed by atoms with Gasteiger partial charge in [0, 0.05) is 32.2 Å². The van der Waals surface area contributed by atoms with Crippen molar-refractivity contribution in [1.29, 1.82) is 0 Å². The first-order valence-corrected chi connectivity index (χ1v) is 11.8. The molecule has 0 atom stereocenters. The molecular weight excluding hydrogens is 464 g/mol. The molecular formula is C24H28N8O4. The molecule has 2 aliphatic rings. The Labute approximate surface area is 208 Å². The molecule has 0 aromatic carbocycles. The number of alkyl carbamates (subject to hydrolysis) is 1. The van der Waals surface area contributed by atoms with E-state index in [4.69, 9.17) is 19.4 Å². The van der Waals surface area contributed by atoms with Gasteiger partial charge in [-0.2, -0.15) is 0 Å². The first-order chi connectivity index (χ1) is 17.4. The maximum atomic E-state index is 13.6. The van der Waals surface area contributed by atoms with Gasteiger partial charge >= 0.3 is 6.09 Å². The van der Waals surface area contributed by atoms with Crippen LogP contribution in [0.3, 0.4) is 0 Å². The number of carbonyl (C=O) groups is 2. The number of aromatic nitrogens is 5. The Morgan fingerprint density at radius 3 is 2.89 bits per heavy atom. The predicted octanol–water partition coefficient (Wildman–Crippen LogP) is 2.13. The number of fused-ring (bicyclic) bond motifs is 2. The lowest BCUT2D eigenvalue weighted by Gasteiger charge is -2.23. The highest BCUT2D eigenvalue weighted by atomic mass is 16.5. The summed E-state index contributed by atoms with van der Waals surface area (Å²) in [4.78, 5) is 38.4. The summed E-state index contributed by atoms with van der Waals surface area (Å²) in [6.45, 7) is 5.92. The van der Waals surface area contributed by atoms with Crippen molar-refractivity contribution in [3.05, 3.63) is 46.9 Å². The van der Waals surface area contributed by atoms with Crippen molar-refractivity contribution in [2.45, 2.75) is 46.2 Å². The zero-order chi connectivity index (χ0) is 25.4. The number of carbonyl (C=O) groups excluding carboxylic acids is 2. The Kier molecular flexibility index (Phi) is 6.27. The number of rotatable bonds is 6. The third-order valence-electron chi connectivity index (χ3n) is 6.43. The zero-order valence-corrected chi connectivity index (χ0v) is 20.7. The lowest BCUT2D eigenvalue weighted by Crippen LogP contribution is -2.27. The first kappa shape index (κ1) is 23.7. The zero-order valence-electron chi connectivity index (χ0n) is 20.7. The van der Waals surface area contributed by atoms with E-state index in [1.165, 1.54) is 7.05 Å². The molecule has 2 aliphatic heterocycles. The lowest BCUT2D eigenvalue weighted by molar-refractivity contribution is 0.0820. The minimum Gasteiger partial charge on any atom is -0.443 e. The summed E-state index contributed by atoms with van der Waals surface area (Å²) >= 11 is 0. The van der Waals surface area contributed by atoms with Crippen LogP contribution in [-0.2, 0) is 35.8 Å². The van der Waals surface area contributed by atoms with Crippen LogP contribution in [-0.4, -0.2) is 63.5 Å². The van der Waals surface area contributed by atoms with Gasteiger partial charge in [0.15, 0.2) is 11.6 Å². The lowest BCUT2D eigenvalue weighted by atomic mass is 10.1. The van der Waals surface area contributed by atoms with Crippen LogP contribution in [0.15, 0.2) is 24.3 Å². The van der Waals surface area contributed by atoms with Gasteiger partial charge in [-0.15, -0.1) is 10.2 Å². The van der Waals surface area contributed by atoms with Crippen molar-refractivity contribution in [1.82, 2.24) is 30.0 Å². The number of hydrogen-bond donors (Lipinski definition) is 1. The minimum atomic E-state index is -0.564. The summed E-state index contributed by atoms with van der Waals surface area (Å²) in [6, 6.07) is 7.44. The van der Waals surface area contributed by atoms with E-state index in [0.29, 0.717) is 59.7 Å². The van der Waals surface area contributed by atoms with Crippen molar-refractivity contribution in [2.75, 3.05) is 30.5 Å². The average molecular weight is 493 g/mol. The molecule has 0 spiro atoms. The van der Waals surface area contributed by atoms with Gasteiger partial charge in [-0.3, -0.25) is 9.69 Å². The third-order valence-corrected chi connectivity index (χ3v) is 6.43. The summed E-state index contributed by atoms with van der Waals surface area (Å²) in [5.74, 6) is 2.33. The first-order valence-electron chi connectivity index (χ1n) is 11.8. The normalized spacial score (nSPS) is 14.6. The standard InChI is InChI=1S/C24H28N8O4/c1-14(2)30(4)20-10-15-16(18(27-20)12-36-24(34)25-3)11-32(23(15)33)19-7-5-6-17(26-19)22-29-28-21-13-35-9-8-31(21)22/h5-7,10,14H,8-9,11-13H2,1-4H3,(H,25,34). The molecule has 3 aromatic rings. The van der Waals surface area contributed by atoms with Gasteiger partial charge in [0.05, 0.1) is 24.4 Å². The molecule has 36 heavy (non-hydrogen) atoms. The van der Waals surface area contributed by atoms with Gasteiger partial charge in [-0.1, -0.05) is 6.07 Å². The van der Waals surface area contributed by atoms with Gasteiger partial charge in [-0.25, -0.2) is 14.8 Å². The van der Waals surface area contributed by atoms with Gasteiger partial charge in [0.1, 0.15) is 30.5 Å². The molecule has 5 rings (SSSR count). The van der Waals surface area contributed by atoms with E-state index in [0.717, 1.165) is 5.82 Å². The van der Waals surface area contributed by atoms with E-state index in [1.54, 1.807) is 17.0 Å². The fourth-order valence-corrected chi connectivity index (χ4v) is 4.19. The second-order valence-corrected chi connectivity index (χ2v) is 8.90. The van der Waals surface area contributed by atoms with Crippen LogP contribution in [0.2, 0.25) is 0 Å². The van der Waals surface area contributed by atoms with E-state index in [9.17, 15) is 9.59 Å². The molecule has 188 valence electrons. The molecule has 0 fully saturated rings. The van der Waals surface area contributed by atoms with Crippen molar-refractivity contribution in [3.8, 4) is 11.5 Å². The maximum absolute atomic E-state index is 13.6. The molecule has 0 aliphatic carbocycles. The van der Waals surface area contributed by atoms with Crippen molar-refractivity contribution >= 4 is 23.6 Å². The van der Waals surface area contributed by atoms with Crippen LogP contribution in [0.1, 0.15) is 41.3 Å². The number of anilines is 2. The van der Waals surface area contributed by atoms with E-state index in [2.05, 4.69) is 15.5 Å². The fraction of sp³-hybridized carbons (Fsp3) is 0.417. The SMILES string of the molecule is CNC(=O)OCc1nc(N(C)C(C)C)cc2c1CN(c1cccc(-c3nnc4n3CCOC4)n1)C2=O. The summed E-state index contributed by atoms with van der Waals surface area (Å²) in [5.41, 5.74) is 2.40. The number of hydrogen-bond acceptors (Lipinski definition) is 9. The molecule has 1 N–H and O–H groups in total. The largest absolute Gasteiger partial charge is 0.443 e.